The number of hydrogen-bond acceptors (Lipinski definition) is 3. The summed E-state index contributed by atoms with van der Waals surface area (Å²) in [5.41, 5.74) is 1.19. The van der Waals surface area contributed by atoms with Gasteiger partial charge in [-0.3, -0.25) is 14.4 Å². The molecule has 1 aromatic carbocycles. The maximum Gasteiger partial charge on any atom is 0.240 e. The third-order valence-electron chi connectivity index (χ3n) is 3.37. The van der Waals surface area contributed by atoms with Crippen LogP contribution in [0.4, 0.5) is 5.69 Å². The van der Waals surface area contributed by atoms with Gasteiger partial charge in [-0.25, -0.2) is 0 Å². The van der Waals surface area contributed by atoms with Crippen molar-refractivity contribution in [1.29, 1.82) is 0 Å². The molecule has 0 bridgehead atoms. The van der Waals surface area contributed by atoms with Crippen LogP contribution in [0.5, 0.6) is 0 Å². The lowest BCUT2D eigenvalue weighted by Crippen LogP contribution is -2.40. The molecule has 0 heterocycles. The predicted molar refractivity (Wildman–Crippen MR) is 87.0 cm³/mol. The summed E-state index contributed by atoms with van der Waals surface area (Å²) in [5, 5.41) is 2.82. The quantitative estimate of drug-likeness (QED) is 0.593. The van der Waals surface area contributed by atoms with E-state index in [9.17, 15) is 14.4 Å². The molecule has 0 spiro atoms. The Kier molecular flexibility index (Phi) is 7.29. The lowest BCUT2D eigenvalue weighted by molar-refractivity contribution is -0.123. The SMILES string of the molecule is CCCCCNC(=O)CN(C(C)=O)c1ccc(C(C)=O)cc1. The Balaban J connectivity index is 2.67. The molecule has 5 heteroatoms. The van der Waals surface area contributed by atoms with Crippen LogP contribution in [0.15, 0.2) is 24.3 Å². The molecule has 5 nitrogen and oxygen atoms in total. The van der Waals surface area contributed by atoms with Gasteiger partial charge in [-0.1, -0.05) is 19.8 Å². The van der Waals surface area contributed by atoms with Crippen LogP contribution in [0.25, 0.3) is 0 Å². The number of Topliss-reactive ketones (excluding diaryl/α,β-unsaturated/α-hetero) is 1. The fourth-order valence-electron chi connectivity index (χ4n) is 2.06. The maximum atomic E-state index is 11.9. The summed E-state index contributed by atoms with van der Waals surface area (Å²) in [5.74, 6) is -0.421. The van der Waals surface area contributed by atoms with Gasteiger partial charge in [0.2, 0.25) is 11.8 Å². The van der Waals surface area contributed by atoms with Gasteiger partial charge in [0.1, 0.15) is 6.54 Å². The van der Waals surface area contributed by atoms with Crippen molar-refractivity contribution in [2.75, 3.05) is 18.0 Å². The van der Waals surface area contributed by atoms with Crippen molar-refractivity contribution >= 4 is 23.3 Å². The molecule has 0 aliphatic rings. The van der Waals surface area contributed by atoms with Gasteiger partial charge in [-0.2, -0.15) is 0 Å². The molecule has 0 atom stereocenters. The summed E-state index contributed by atoms with van der Waals surface area (Å²) >= 11 is 0. The molecule has 1 aromatic rings. The zero-order valence-electron chi connectivity index (χ0n) is 13.5. The van der Waals surface area contributed by atoms with Gasteiger partial charge in [0.05, 0.1) is 0 Å². The van der Waals surface area contributed by atoms with Crippen LogP contribution in [0, 0.1) is 0 Å². The molecule has 1 N–H and O–H groups in total. The average Bonchev–Trinajstić information content (AvgIpc) is 2.49. The van der Waals surface area contributed by atoms with Gasteiger partial charge >= 0.3 is 0 Å². The maximum absolute atomic E-state index is 11.9. The highest BCUT2D eigenvalue weighted by Gasteiger charge is 2.15. The molecular formula is C17H24N2O3. The number of anilines is 1. The Bertz CT molecular complexity index is 523. The fourth-order valence-corrected chi connectivity index (χ4v) is 2.06. The van der Waals surface area contributed by atoms with E-state index in [1.807, 2.05) is 0 Å². The van der Waals surface area contributed by atoms with Crippen LogP contribution in [0.2, 0.25) is 0 Å². The van der Waals surface area contributed by atoms with Crippen molar-refractivity contribution in [2.45, 2.75) is 40.0 Å². The standard InChI is InChI=1S/C17H24N2O3/c1-4-5-6-11-18-17(22)12-19(14(3)21)16-9-7-15(8-10-16)13(2)20/h7-10H,4-6,11-12H2,1-3H3,(H,18,22). The topological polar surface area (TPSA) is 66.5 Å². The number of unbranched alkanes of at least 4 members (excludes halogenated alkanes) is 2. The number of benzene rings is 1. The van der Waals surface area contributed by atoms with Crippen molar-refractivity contribution in [2.24, 2.45) is 0 Å². The van der Waals surface area contributed by atoms with E-state index in [2.05, 4.69) is 12.2 Å². The smallest absolute Gasteiger partial charge is 0.240 e. The first kappa shape index (κ1) is 17.9. The Morgan fingerprint density at radius 3 is 2.18 bits per heavy atom. The van der Waals surface area contributed by atoms with E-state index < -0.39 is 0 Å². The molecule has 120 valence electrons. The minimum absolute atomic E-state index is 0.0130. The monoisotopic (exact) mass is 304 g/mol. The summed E-state index contributed by atoms with van der Waals surface area (Å²) < 4.78 is 0. The van der Waals surface area contributed by atoms with Crippen LogP contribution < -0.4 is 10.2 Å². The highest BCUT2D eigenvalue weighted by Crippen LogP contribution is 2.15. The van der Waals surface area contributed by atoms with Gasteiger partial charge in [0.15, 0.2) is 5.78 Å². The molecule has 0 fully saturated rings. The summed E-state index contributed by atoms with van der Waals surface area (Å²) in [6, 6.07) is 6.69. The van der Waals surface area contributed by atoms with E-state index in [1.54, 1.807) is 24.3 Å². The minimum atomic E-state index is -0.209. The zero-order chi connectivity index (χ0) is 16.5. The average molecular weight is 304 g/mol. The number of carbonyl (C=O) groups is 3. The molecule has 1 rings (SSSR count). The van der Waals surface area contributed by atoms with E-state index >= 15 is 0 Å². The van der Waals surface area contributed by atoms with Gasteiger partial charge < -0.3 is 10.2 Å². The van der Waals surface area contributed by atoms with Crippen LogP contribution in [-0.2, 0) is 9.59 Å². The minimum Gasteiger partial charge on any atom is -0.355 e. The van der Waals surface area contributed by atoms with Crippen molar-refractivity contribution < 1.29 is 14.4 Å². The molecule has 0 aliphatic heterocycles. The van der Waals surface area contributed by atoms with Gasteiger partial charge in [-0.15, -0.1) is 0 Å². The Labute approximate surface area is 131 Å². The van der Waals surface area contributed by atoms with Crippen molar-refractivity contribution in [1.82, 2.24) is 5.32 Å². The predicted octanol–water partition coefficient (Wildman–Crippen LogP) is 2.55. The molecule has 0 saturated heterocycles. The van der Waals surface area contributed by atoms with E-state index in [0.717, 1.165) is 19.3 Å². The van der Waals surface area contributed by atoms with Crippen LogP contribution in [0.3, 0.4) is 0 Å². The fraction of sp³-hybridized carbons (Fsp3) is 0.471. The second-order valence-corrected chi connectivity index (χ2v) is 5.27. The van der Waals surface area contributed by atoms with Crippen molar-refractivity contribution in [3.05, 3.63) is 29.8 Å². The Hall–Kier alpha value is -2.17. The second kappa shape index (κ2) is 8.97. The first-order valence-corrected chi connectivity index (χ1v) is 7.61. The third-order valence-corrected chi connectivity index (χ3v) is 3.37. The zero-order valence-corrected chi connectivity index (χ0v) is 13.5. The van der Waals surface area contributed by atoms with Crippen LogP contribution in [0.1, 0.15) is 50.4 Å². The molecule has 2 amide bonds. The largest absolute Gasteiger partial charge is 0.355 e. The number of rotatable bonds is 8. The third kappa shape index (κ3) is 5.68. The number of nitrogens with zero attached hydrogens (tertiary/aromatic N) is 1. The number of hydrogen-bond donors (Lipinski definition) is 1. The normalized spacial score (nSPS) is 10.1. The first-order chi connectivity index (χ1) is 10.5. The molecule has 0 aromatic heterocycles. The van der Waals surface area contributed by atoms with Crippen molar-refractivity contribution in [3.8, 4) is 0 Å². The summed E-state index contributed by atoms with van der Waals surface area (Å²) in [6.45, 7) is 5.62. The lowest BCUT2D eigenvalue weighted by atomic mass is 10.1. The molecule has 0 saturated carbocycles. The van der Waals surface area contributed by atoms with Crippen molar-refractivity contribution in [3.63, 3.8) is 0 Å². The molecule has 0 radical (unpaired) electrons. The van der Waals surface area contributed by atoms with Gasteiger partial charge in [0, 0.05) is 24.7 Å². The Morgan fingerprint density at radius 2 is 1.68 bits per heavy atom. The number of nitrogens with one attached hydrogen (secondary N) is 1. The lowest BCUT2D eigenvalue weighted by Gasteiger charge is -2.21. The first-order valence-electron chi connectivity index (χ1n) is 7.61. The summed E-state index contributed by atoms with van der Waals surface area (Å²) in [6.07, 6.45) is 3.11. The molecule has 0 unspecified atom stereocenters. The number of amides is 2. The highest BCUT2D eigenvalue weighted by molar-refractivity contribution is 5.98. The molecule has 22 heavy (non-hydrogen) atoms. The number of carbonyl (C=O) groups excluding carboxylic acids is 3. The molecular weight excluding hydrogens is 280 g/mol. The van der Waals surface area contributed by atoms with E-state index in [-0.39, 0.29) is 24.1 Å². The molecule has 0 aliphatic carbocycles. The highest BCUT2D eigenvalue weighted by atomic mass is 16.2. The Morgan fingerprint density at radius 1 is 1.05 bits per heavy atom. The summed E-state index contributed by atoms with van der Waals surface area (Å²) in [7, 11) is 0. The van der Waals surface area contributed by atoms with Crippen LogP contribution >= 0.6 is 0 Å². The summed E-state index contributed by atoms with van der Waals surface area (Å²) in [4.78, 5) is 36.3. The van der Waals surface area contributed by atoms with Crippen LogP contribution in [-0.4, -0.2) is 30.7 Å². The van der Waals surface area contributed by atoms with E-state index in [1.165, 1.54) is 18.7 Å². The number of ketones is 1. The second-order valence-electron chi connectivity index (χ2n) is 5.27. The van der Waals surface area contributed by atoms with Gasteiger partial charge in [0.25, 0.3) is 0 Å². The van der Waals surface area contributed by atoms with E-state index in [4.69, 9.17) is 0 Å². The van der Waals surface area contributed by atoms with E-state index in [0.29, 0.717) is 17.8 Å². The van der Waals surface area contributed by atoms with Gasteiger partial charge in [-0.05, 0) is 37.6 Å².